The maximum Gasteiger partial charge on any atom is 0.159 e. The van der Waals surface area contributed by atoms with Crippen LogP contribution in [0, 0.1) is 0 Å². The van der Waals surface area contributed by atoms with Crippen LogP contribution in [0.3, 0.4) is 0 Å². The summed E-state index contributed by atoms with van der Waals surface area (Å²) in [5.41, 5.74) is 1.94. The van der Waals surface area contributed by atoms with Crippen molar-refractivity contribution in [1.29, 1.82) is 0 Å². The van der Waals surface area contributed by atoms with E-state index in [4.69, 9.17) is 0 Å². The first-order chi connectivity index (χ1) is 11.1. The van der Waals surface area contributed by atoms with Crippen molar-refractivity contribution >= 4 is 16.6 Å². The van der Waals surface area contributed by atoms with Crippen LogP contribution in [0.15, 0.2) is 48.8 Å². The van der Waals surface area contributed by atoms with Crippen LogP contribution in [-0.4, -0.2) is 27.3 Å². The van der Waals surface area contributed by atoms with Crippen LogP contribution in [0.25, 0.3) is 22.0 Å². The van der Waals surface area contributed by atoms with E-state index in [1.165, 1.54) is 0 Å². The Kier molecular flexibility index (Phi) is 4.24. The van der Waals surface area contributed by atoms with Gasteiger partial charge in [0.25, 0.3) is 0 Å². The van der Waals surface area contributed by atoms with Gasteiger partial charge in [-0.15, -0.1) is 10.2 Å². The molecule has 0 radical (unpaired) electrons. The molecular formula is C19H22N4. The van der Waals surface area contributed by atoms with Gasteiger partial charge in [0.15, 0.2) is 5.82 Å². The third-order valence-electron chi connectivity index (χ3n) is 3.97. The standard InChI is InChI=1S/C19H22N4/c1-13(2)23(14(3)4)19-16-10-11-20-12-17(16)18(21-22-19)15-8-6-5-7-9-15/h5-14H,1-4H3. The highest BCUT2D eigenvalue weighted by Gasteiger charge is 2.20. The number of hydrogen-bond donors (Lipinski definition) is 0. The summed E-state index contributed by atoms with van der Waals surface area (Å²) >= 11 is 0. The number of anilines is 1. The molecule has 4 nitrogen and oxygen atoms in total. The lowest BCUT2D eigenvalue weighted by Crippen LogP contribution is -2.38. The van der Waals surface area contributed by atoms with Crippen LogP contribution in [0.2, 0.25) is 0 Å². The number of pyridine rings is 1. The highest BCUT2D eigenvalue weighted by Crippen LogP contribution is 2.32. The van der Waals surface area contributed by atoms with Crippen LogP contribution in [0.4, 0.5) is 5.82 Å². The first-order valence-corrected chi connectivity index (χ1v) is 8.03. The summed E-state index contributed by atoms with van der Waals surface area (Å²) in [5, 5.41) is 11.2. The van der Waals surface area contributed by atoms with Gasteiger partial charge in [0.2, 0.25) is 0 Å². The van der Waals surface area contributed by atoms with Crippen LogP contribution in [0.1, 0.15) is 27.7 Å². The molecule has 0 saturated heterocycles. The number of rotatable bonds is 4. The van der Waals surface area contributed by atoms with Gasteiger partial charge in [-0.05, 0) is 33.8 Å². The average Bonchev–Trinajstić information content (AvgIpc) is 2.55. The van der Waals surface area contributed by atoms with Crippen LogP contribution in [0.5, 0.6) is 0 Å². The lowest BCUT2D eigenvalue weighted by Gasteiger charge is -2.32. The van der Waals surface area contributed by atoms with E-state index >= 15 is 0 Å². The number of nitrogens with zero attached hydrogens (tertiary/aromatic N) is 4. The van der Waals surface area contributed by atoms with Crippen molar-refractivity contribution in [2.45, 2.75) is 39.8 Å². The van der Waals surface area contributed by atoms with Gasteiger partial charge < -0.3 is 4.90 Å². The van der Waals surface area contributed by atoms with Crippen molar-refractivity contribution < 1.29 is 0 Å². The summed E-state index contributed by atoms with van der Waals surface area (Å²) in [4.78, 5) is 6.60. The first-order valence-electron chi connectivity index (χ1n) is 8.03. The Hall–Kier alpha value is -2.49. The molecule has 1 aromatic carbocycles. The van der Waals surface area contributed by atoms with Crippen molar-refractivity contribution in [2.75, 3.05) is 4.90 Å². The molecule has 0 atom stereocenters. The topological polar surface area (TPSA) is 41.9 Å². The minimum absolute atomic E-state index is 0.350. The molecule has 0 saturated carbocycles. The molecule has 4 heteroatoms. The van der Waals surface area contributed by atoms with E-state index in [1.807, 2.05) is 36.7 Å². The summed E-state index contributed by atoms with van der Waals surface area (Å²) in [6.07, 6.45) is 3.70. The molecule has 3 rings (SSSR count). The Morgan fingerprint density at radius 3 is 2.17 bits per heavy atom. The van der Waals surface area contributed by atoms with Crippen molar-refractivity contribution in [3.63, 3.8) is 0 Å². The predicted molar refractivity (Wildman–Crippen MR) is 95.5 cm³/mol. The van der Waals surface area contributed by atoms with Crippen molar-refractivity contribution in [3.05, 3.63) is 48.8 Å². The minimum atomic E-state index is 0.350. The third kappa shape index (κ3) is 2.89. The lowest BCUT2D eigenvalue weighted by atomic mass is 10.1. The smallest absolute Gasteiger partial charge is 0.159 e. The SMILES string of the molecule is CC(C)N(c1nnc(-c2ccccc2)c2cnccc12)C(C)C. The zero-order valence-corrected chi connectivity index (χ0v) is 14.1. The van der Waals surface area contributed by atoms with E-state index < -0.39 is 0 Å². The number of fused-ring (bicyclic) bond motifs is 1. The Morgan fingerprint density at radius 2 is 1.52 bits per heavy atom. The minimum Gasteiger partial charge on any atom is -0.350 e. The van der Waals surface area contributed by atoms with Gasteiger partial charge in [0, 0.05) is 40.8 Å². The molecule has 2 aromatic heterocycles. The molecule has 0 amide bonds. The number of hydrogen-bond acceptors (Lipinski definition) is 4. The normalized spacial score (nSPS) is 11.4. The Morgan fingerprint density at radius 1 is 0.826 bits per heavy atom. The number of aromatic nitrogens is 3. The molecule has 0 aliphatic heterocycles. The monoisotopic (exact) mass is 306 g/mol. The molecular weight excluding hydrogens is 284 g/mol. The molecule has 0 aliphatic carbocycles. The molecule has 0 spiro atoms. The fourth-order valence-corrected chi connectivity index (χ4v) is 3.07. The first kappa shape index (κ1) is 15.4. The molecule has 0 unspecified atom stereocenters. The Balaban J connectivity index is 2.25. The predicted octanol–water partition coefficient (Wildman–Crippen LogP) is 4.32. The van der Waals surface area contributed by atoms with Gasteiger partial charge in [0.1, 0.15) is 5.69 Å². The zero-order valence-electron chi connectivity index (χ0n) is 14.1. The van der Waals surface area contributed by atoms with Crippen molar-refractivity contribution in [1.82, 2.24) is 15.2 Å². The summed E-state index contributed by atoms with van der Waals surface area (Å²) < 4.78 is 0. The average molecular weight is 306 g/mol. The quantitative estimate of drug-likeness (QED) is 0.720. The highest BCUT2D eigenvalue weighted by atomic mass is 15.3. The molecule has 118 valence electrons. The maximum atomic E-state index is 4.57. The lowest BCUT2D eigenvalue weighted by molar-refractivity contribution is 0.599. The van der Waals surface area contributed by atoms with Crippen molar-refractivity contribution in [3.8, 4) is 11.3 Å². The van der Waals surface area contributed by atoms with E-state index in [2.05, 4.69) is 59.9 Å². The molecule has 0 aliphatic rings. The maximum absolute atomic E-state index is 4.57. The zero-order chi connectivity index (χ0) is 16.4. The summed E-state index contributed by atoms with van der Waals surface area (Å²) in [7, 11) is 0. The van der Waals surface area contributed by atoms with Gasteiger partial charge in [-0.1, -0.05) is 30.3 Å². The Labute approximate surface area is 137 Å². The molecule has 23 heavy (non-hydrogen) atoms. The number of benzene rings is 1. The van der Waals surface area contributed by atoms with Crippen LogP contribution < -0.4 is 4.90 Å². The molecule has 0 bridgehead atoms. The van der Waals surface area contributed by atoms with Crippen molar-refractivity contribution in [2.24, 2.45) is 0 Å². The second-order valence-electron chi connectivity index (χ2n) is 6.25. The van der Waals surface area contributed by atoms with Gasteiger partial charge in [-0.25, -0.2) is 0 Å². The Bertz CT molecular complexity index is 789. The third-order valence-corrected chi connectivity index (χ3v) is 3.97. The van der Waals surface area contributed by atoms with Crippen LogP contribution >= 0.6 is 0 Å². The van der Waals surface area contributed by atoms with E-state index in [0.717, 1.165) is 27.8 Å². The summed E-state index contributed by atoms with van der Waals surface area (Å²) in [5.74, 6) is 0.923. The fraction of sp³-hybridized carbons (Fsp3) is 0.316. The second-order valence-corrected chi connectivity index (χ2v) is 6.25. The molecule has 0 N–H and O–H groups in total. The van der Waals surface area contributed by atoms with Crippen LogP contribution in [-0.2, 0) is 0 Å². The molecule has 3 aromatic rings. The van der Waals surface area contributed by atoms with Gasteiger partial charge in [-0.3, -0.25) is 4.98 Å². The van der Waals surface area contributed by atoms with E-state index in [1.54, 1.807) is 0 Å². The fourth-order valence-electron chi connectivity index (χ4n) is 3.07. The van der Waals surface area contributed by atoms with E-state index in [9.17, 15) is 0 Å². The summed E-state index contributed by atoms with van der Waals surface area (Å²) in [6, 6.07) is 12.9. The molecule has 0 fully saturated rings. The largest absolute Gasteiger partial charge is 0.350 e. The van der Waals surface area contributed by atoms with Gasteiger partial charge in [-0.2, -0.15) is 0 Å². The van der Waals surface area contributed by atoms with Gasteiger partial charge in [0.05, 0.1) is 0 Å². The summed E-state index contributed by atoms with van der Waals surface area (Å²) in [6.45, 7) is 8.72. The second kappa shape index (κ2) is 6.32. The van der Waals surface area contributed by atoms with E-state index in [-0.39, 0.29) is 0 Å². The van der Waals surface area contributed by atoms with Gasteiger partial charge >= 0.3 is 0 Å². The molecule has 2 heterocycles. The van der Waals surface area contributed by atoms with E-state index in [0.29, 0.717) is 12.1 Å². The highest BCUT2D eigenvalue weighted by molar-refractivity contribution is 5.99.